The van der Waals surface area contributed by atoms with Crippen LogP contribution >= 0.6 is 0 Å². The molecule has 2 N–H and O–H groups in total. The quantitative estimate of drug-likeness (QED) is 0.210. The van der Waals surface area contributed by atoms with Gasteiger partial charge >= 0.3 is 5.97 Å². The van der Waals surface area contributed by atoms with Gasteiger partial charge in [-0.05, 0) is 120 Å². The Labute approximate surface area is 305 Å². The number of esters is 1. The van der Waals surface area contributed by atoms with Gasteiger partial charge in [0.2, 0.25) is 5.79 Å². The summed E-state index contributed by atoms with van der Waals surface area (Å²) in [7, 11) is 0. The van der Waals surface area contributed by atoms with Gasteiger partial charge < -0.3 is 29.2 Å². The maximum absolute atomic E-state index is 12.5. The van der Waals surface area contributed by atoms with Crippen LogP contribution in [0.25, 0.3) is 0 Å². The number of aliphatic hydroxyl groups excluding tert-OH is 1. The number of carbonyl (C=O) groups excluding carboxylic acids is 1. The molecule has 6 heterocycles. The van der Waals surface area contributed by atoms with Crippen molar-refractivity contribution in [1.82, 2.24) is 0 Å². The van der Waals surface area contributed by atoms with E-state index in [0.29, 0.717) is 49.5 Å². The van der Waals surface area contributed by atoms with Crippen LogP contribution < -0.4 is 0 Å². The van der Waals surface area contributed by atoms with Crippen molar-refractivity contribution in [1.29, 1.82) is 0 Å². The molecule has 0 aromatic heterocycles. The predicted octanol–water partition coefficient (Wildman–Crippen LogP) is 8.07. The van der Waals surface area contributed by atoms with Crippen LogP contribution in [0.2, 0.25) is 0 Å². The lowest BCUT2D eigenvalue weighted by molar-refractivity contribution is -0.387. The van der Waals surface area contributed by atoms with Crippen molar-refractivity contribution >= 4 is 11.7 Å². The van der Waals surface area contributed by atoms with E-state index in [1.165, 1.54) is 22.4 Å². The molecule has 6 aliphatic heterocycles. The summed E-state index contributed by atoms with van der Waals surface area (Å²) in [5.74, 6) is -1.04. The van der Waals surface area contributed by atoms with Crippen molar-refractivity contribution in [2.75, 3.05) is 6.54 Å². The lowest BCUT2D eigenvalue weighted by Gasteiger charge is -2.49. The van der Waals surface area contributed by atoms with E-state index in [1.807, 2.05) is 19.9 Å². The van der Waals surface area contributed by atoms with Crippen LogP contribution in [0.15, 0.2) is 51.6 Å². The highest BCUT2D eigenvalue weighted by Crippen LogP contribution is 2.57. The van der Waals surface area contributed by atoms with Gasteiger partial charge in [-0.3, -0.25) is 4.99 Å². The molecule has 4 bridgehead atoms. The van der Waals surface area contributed by atoms with Gasteiger partial charge in [0.25, 0.3) is 0 Å². The van der Waals surface area contributed by atoms with Crippen LogP contribution in [0.1, 0.15) is 132 Å². The second-order valence-electron chi connectivity index (χ2n) is 18.1. The summed E-state index contributed by atoms with van der Waals surface area (Å²) in [5, 5.41) is 23.6. The molecule has 7 aliphatic rings. The number of ether oxygens (including phenoxy) is 4. The van der Waals surface area contributed by atoms with E-state index in [-0.39, 0.29) is 41.5 Å². The molecular formula is C43H63NO7. The maximum atomic E-state index is 12.5. The molecule has 0 radical (unpaired) electrons. The van der Waals surface area contributed by atoms with E-state index in [0.717, 1.165) is 63.5 Å². The Morgan fingerprint density at radius 3 is 2.47 bits per heavy atom. The smallest absolute Gasteiger partial charge is 0.334 e. The number of rotatable bonds is 1. The van der Waals surface area contributed by atoms with Crippen LogP contribution in [-0.2, 0) is 23.7 Å². The highest BCUT2D eigenvalue weighted by Gasteiger charge is 2.64. The first-order valence-corrected chi connectivity index (χ1v) is 20.0. The highest BCUT2D eigenvalue weighted by atomic mass is 16.8. The van der Waals surface area contributed by atoms with Gasteiger partial charge in [0.05, 0.1) is 18.3 Å². The number of nitrogens with zero attached hydrogens (tertiary/aromatic N) is 1. The third-order valence-corrected chi connectivity index (χ3v) is 14.3. The minimum atomic E-state index is -1.12. The fourth-order valence-corrected chi connectivity index (χ4v) is 10.8. The maximum Gasteiger partial charge on any atom is 0.334 e. The summed E-state index contributed by atoms with van der Waals surface area (Å²) in [6, 6.07) is 0. The van der Waals surface area contributed by atoms with Crippen molar-refractivity contribution < 1.29 is 34.0 Å². The number of hydrogen-bond acceptors (Lipinski definition) is 8. The van der Waals surface area contributed by atoms with Crippen LogP contribution in [0, 0.1) is 29.1 Å². The molecule has 1 aliphatic carbocycles. The number of aliphatic imine (C=N–C) groups is 1. The van der Waals surface area contributed by atoms with Gasteiger partial charge in [-0.1, -0.05) is 44.6 Å². The summed E-state index contributed by atoms with van der Waals surface area (Å²) in [4.78, 5) is 18.0. The van der Waals surface area contributed by atoms with Crippen LogP contribution in [0.5, 0.6) is 0 Å². The zero-order chi connectivity index (χ0) is 36.5. The van der Waals surface area contributed by atoms with E-state index < -0.39 is 23.3 Å². The third kappa shape index (κ3) is 6.68. The van der Waals surface area contributed by atoms with Crippen LogP contribution in [0.4, 0.5) is 0 Å². The van der Waals surface area contributed by atoms with Gasteiger partial charge in [-0.2, -0.15) is 0 Å². The second kappa shape index (κ2) is 13.6. The van der Waals surface area contributed by atoms with E-state index in [4.69, 9.17) is 23.9 Å². The molecule has 3 saturated heterocycles. The number of allylic oxidation sites excluding steroid dienone is 2. The van der Waals surface area contributed by atoms with Gasteiger partial charge in [0, 0.05) is 54.8 Å². The lowest BCUT2D eigenvalue weighted by atomic mass is 9.56. The topological polar surface area (TPSA) is 107 Å². The molecule has 8 nitrogen and oxygen atoms in total. The Balaban J connectivity index is 1.28. The molecule has 0 saturated carbocycles. The lowest BCUT2D eigenvalue weighted by Crippen LogP contribution is -2.60. The standard InChI is InChI=1S/C43H63NO7/c1-25-10-9-11-38-41(22-28(4)30(6)24-44-38)15-13-33(37-20-27(3)39(46)48-37)31(7)34(41)19-26(2)35(45)21-36-29(5)23-42(50-36)16-17-43(51-42)40(8,47)14-12-32(18-25)49-43/h19-20,28-30,32,34-37,45,47H,1,9-18,21-24H2,2-8H3/b26-19-. The first kappa shape index (κ1) is 37.2. The second-order valence-corrected chi connectivity index (χ2v) is 18.1. The molecule has 12 atom stereocenters. The highest BCUT2D eigenvalue weighted by molar-refractivity contribution is 5.92. The largest absolute Gasteiger partial charge is 0.450 e. The molecule has 0 aromatic rings. The summed E-state index contributed by atoms with van der Waals surface area (Å²) >= 11 is 0. The van der Waals surface area contributed by atoms with E-state index >= 15 is 0 Å². The minimum Gasteiger partial charge on any atom is -0.450 e. The van der Waals surface area contributed by atoms with E-state index in [9.17, 15) is 15.0 Å². The molecule has 12 unspecified atom stereocenters. The number of fused-ring (bicyclic) bond motifs is 2. The predicted molar refractivity (Wildman–Crippen MR) is 198 cm³/mol. The van der Waals surface area contributed by atoms with Crippen molar-refractivity contribution in [3.63, 3.8) is 0 Å². The Morgan fingerprint density at radius 1 is 0.941 bits per heavy atom. The molecule has 0 aromatic carbocycles. The van der Waals surface area contributed by atoms with Gasteiger partial charge in [-0.15, -0.1) is 0 Å². The molecule has 7 rings (SSSR count). The number of hydrogen-bond donors (Lipinski definition) is 2. The molecule has 0 amide bonds. The summed E-state index contributed by atoms with van der Waals surface area (Å²) < 4.78 is 26.3. The molecule has 3 spiro atoms. The number of aliphatic hydroxyl groups is 2. The van der Waals surface area contributed by atoms with Gasteiger partial charge in [0.1, 0.15) is 11.7 Å². The molecule has 282 valence electrons. The fourth-order valence-electron chi connectivity index (χ4n) is 10.8. The van der Waals surface area contributed by atoms with Crippen molar-refractivity contribution in [3.8, 4) is 0 Å². The van der Waals surface area contributed by atoms with Crippen molar-refractivity contribution in [2.45, 2.75) is 174 Å². The molecule has 3 fully saturated rings. The monoisotopic (exact) mass is 705 g/mol. The normalized spacial score (nSPS) is 47.8. The summed E-state index contributed by atoms with van der Waals surface area (Å²) in [5.41, 5.74) is 5.19. The Morgan fingerprint density at radius 2 is 1.73 bits per heavy atom. The number of carbonyl (C=O) groups is 1. The molecular weight excluding hydrogens is 642 g/mol. The van der Waals surface area contributed by atoms with Crippen LogP contribution in [-0.4, -0.2) is 70.0 Å². The summed E-state index contributed by atoms with van der Waals surface area (Å²) in [6.45, 7) is 20.2. The molecule has 51 heavy (non-hydrogen) atoms. The SMILES string of the molecule is C=C1CCCC2=NCC(C)C(C)CC23CCC(C2C=C(C)C(=O)O2)=C(C)C3/C=C(/C)C(O)CC2OC3(CCC4(OC(CCC4(C)O)C1)O3)CC2C. The fraction of sp³-hybridized carbons (Fsp3) is 0.767. The average Bonchev–Trinajstić information content (AvgIpc) is 3.67. The number of cyclic esters (lactones) is 1. The van der Waals surface area contributed by atoms with E-state index in [1.54, 1.807) is 0 Å². The first-order valence-electron chi connectivity index (χ1n) is 20.0. The third-order valence-electron chi connectivity index (χ3n) is 14.3. The summed E-state index contributed by atoms with van der Waals surface area (Å²) in [6.07, 6.45) is 13.1. The average molecular weight is 706 g/mol. The van der Waals surface area contributed by atoms with Gasteiger partial charge in [0.15, 0.2) is 5.79 Å². The van der Waals surface area contributed by atoms with Crippen molar-refractivity contribution in [3.05, 3.63) is 46.6 Å². The Bertz CT molecular complexity index is 1540. The van der Waals surface area contributed by atoms with Crippen molar-refractivity contribution in [2.24, 2.45) is 34.1 Å². The zero-order valence-corrected chi connectivity index (χ0v) is 32.3. The molecule has 8 heteroatoms. The minimum absolute atomic E-state index is 0.0156. The first-order chi connectivity index (χ1) is 24.1. The van der Waals surface area contributed by atoms with E-state index in [2.05, 4.69) is 47.3 Å². The Hall–Kier alpha value is -2.10. The zero-order valence-electron chi connectivity index (χ0n) is 32.3. The Kier molecular flexibility index (Phi) is 9.95. The van der Waals surface area contributed by atoms with Crippen LogP contribution in [0.3, 0.4) is 0 Å². The van der Waals surface area contributed by atoms with Gasteiger partial charge in [-0.25, -0.2) is 4.79 Å².